The molecule has 2 unspecified atom stereocenters. The third-order valence-corrected chi connectivity index (χ3v) is 10.4. The molecule has 1 fully saturated rings. The molecule has 17 nitrogen and oxygen atoms in total. The number of β-lactam (4-membered cyclic amide) rings is 1. The number of thioether (sulfide) groups is 2. The topological polar surface area (TPSA) is 253 Å². The highest BCUT2D eigenvalue weighted by Gasteiger charge is 2.54. The largest absolute Gasteiger partial charge is 0.503 e. The number of nitrogens with one attached hydrogen (secondary N) is 1. The van der Waals surface area contributed by atoms with Crippen molar-refractivity contribution in [3.05, 3.63) is 57.2 Å². The minimum absolute atomic E-state index is 0.0398. The first-order valence-electron chi connectivity index (χ1n) is 12.7. The Morgan fingerprint density at radius 3 is 2.73 bits per heavy atom. The van der Waals surface area contributed by atoms with Crippen LogP contribution in [0, 0.1) is 0 Å². The summed E-state index contributed by atoms with van der Waals surface area (Å²) in [5.74, 6) is -4.00. The summed E-state index contributed by atoms with van der Waals surface area (Å²) in [7, 11) is 0. The molecule has 6 N–H and O–H groups in total. The fraction of sp³-hybridized carbons (Fsp3) is 0.292. The Hall–Kier alpha value is -4.47. The summed E-state index contributed by atoms with van der Waals surface area (Å²) >= 11 is 4.85. The van der Waals surface area contributed by atoms with Gasteiger partial charge in [-0.15, -0.1) is 40.0 Å². The lowest BCUT2D eigenvalue weighted by atomic mass is 10.0. The number of thiazole rings is 1. The Morgan fingerprint density at radius 1 is 1.29 bits per heavy atom. The van der Waals surface area contributed by atoms with Crippen molar-refractivity contribution in [3.8, 4) is 5.75 Å². The number of anilines is 1. The van der Waals surface area contributed by atoms with Crippen molar-refractivity contribution in [1.82, 2.24) is 29.4 Å². The van der Waals surface area contributed by atoms with Crippen molar-refractivity contribution in [2.24, 2.45) is 5.16 Å². The molecular weight excluding hydrogens is 673 g/mol. The number of aromatic nitrogens is 4. The van der Waals surface area contributed by atoms with Gasteiger partial charge in [0.15, 0.2) is 16.6 Å². The highest BCUT2D eigenvalue weighted by Crippen LogP contribution is 2.41. The van der Waals surface area contributed by atoms with Crippen molar-refractivity contribution >= 4 is 81.0 Å². The van der Waals surface area contributed by atoms with E-state index in [0.717, 1.165) is 37.3 Å². The summed E-state index contributed by atoms with van der Waals surface area (Å²) in [5, 5.41) is 40.3. The summed E-state index contributed by atoms with van der Waals surface area (Å²) in [5.41, 5.74) is 5.17. The summed E-state index contributed by atoms with van der Waals surface area (Å²) in [6, 6.07) is -1.29. The molecule has 21 heteroatoms. The average molecular weight is 695 g/mol. The molecule has 0 spiro atoms. The summed E-state index contributed by atoms with van der Waals surface area (Å²) in [4.78, 5) is 72.4. The van der Waals surface area contributed by atoms with E-state index in [1.807, 2.05) is 0 Å². The molecule has 236 valence electrons. The van der Waals surface area contributed by atoms with Crippen LogP contribution in [0.2, 0.25) is 0 Å². The van der Waals surface area contributed by atoms with Gasteiger partial charge in [-0.05, 0) is 17.1 Å². The molecule has 5 heterocycles. The lowest BCUT2D eigenvalue weighted by molar-refractivity contribution is -0.150. The van der Waals surface area contributed by atoms with E-state index in [9.17, 15) is 39.3 Å². The summed E-state index contributed by atoms with van der Waals surface area (Å²) in [6.07, 6.45) is 3.58. The van der Waals surface area contributed by atoms with Gasteiger partial charge in [-0.2, -0.15) is 0 Å². The van der Waals surface area contributed by atoms with Crippen LogP contribution in [0.5, 0.6) is 5.75 Å². The van der Waals surface area contributed by atoms with Gasteiger partial charge in [0.1, 0.15) is 39.7 Å². The highest BCUT2D eigenvalue weighted by molar-refractivity contribution is 8.01. The number of carbonyl (C=O) groups is 4. The molecule has 0 aliphatic carbocycles. The van der Waals surface area contributed by atoms with Gasteiger partial charge in [0.05, 0.1) is 12.4 Å². The smallest absolute Gasteiger partial charge is 0.352 e. The van der Waals surface area contributed by atoms with Crippen molar-refractivity contribution < 1.29 is 39.3 Å². The molecule has 45 heavy (non-hydrogen) atoms. The molecular formula is C24H22N8O9S4. The van der Waals surface area contributed by atoms with Crippen LogP contribution in [0.4, 0.5) is 5.13 Å². The van der Waals surface area contributed by atoms with Crippen LogP contribution >= 0.6 is 46.4 Å². The number of aromatic hydroxyl groups is 1. The number of nitrogen functional groups attached to an aromatic ring is 1. The standard InChI is InChI=1S/C24H22N8O9S4/c25-24-27-11(9-44-24)16(29-41-4-2-12(22(37)38)31-3-1-13(33)14(34)6-31)19(35)28-17-20(36)32-18(23(39)40)10(8-43-21(17)32)7-42-15-5-26-30-45-15/h1,3,5-6,9,12,17,21,34H,2,4,7-8H2,(H2,25,27)(H,28,35)(H,37,38)(H,39,40)/b29-16-/t12?,17?,21-/m1/s1. The number of carboxylic acids is 2. The van der Waals surface area contributed by atoms with Gasteiger partial charge >= 0.3 is 11.9 Å². The third kappa shape index (κ3) is 6.95. The number of hydrogen-bond acceptors (Lipinski definition) is 16. The first-order valence-corrected chi connectivity index (χ1v) is 16.4. The van der Waals surface area contributed by atoms with Crippen LogP contribution in [-0.2, 0) is 24.0 Å². The van der Waals surface area contributed by atoms with Crippen LogP contribution in [0.1, 0.15) is 18.2 Å². The number of carboxylic acid groups (broad SMARTS) is 2. The van der Waals surface area contributed by atoms with Crippen molar-refractivity contribution in [2.45, 2.75) is 28.1 Å². The number of carbonyl (C=O) groups excluding carboxylic acids is 2. The molecule has 0 bridgehead atoms. The minimum Gasteiger partial charge on any atom is -0.503 e. The monoisotopic (exact) mass is 694 g/mol. The number of nitrogens with two attached hydrogens (primary N) is 1. The van der Waals surface area contributed by atoms with Crippen molar-refractivity contribution in [1.29, 1.82) is 0 Å². The van der Waals surface area contributed by atoms with Crippen LogP contribution < -0.4 is 16.5 Å². The molecule has 0 saturated carbocycles. The van der Waals surface area contributed by atoms with E-state index in [1.54, 1.807) is 6.20 Å². The number of amides is 2. The molecule has 0 aromatic carbocycles. The number of oxime groups is 1. The van der Waals surface area contributed by atoms with E-state index in [-0.39, 0.29) is 35.3 Å². The second-order valence-corrected chi connectivity index (χ2v) is 13.3. The zero-order chi connectivity index (χ0) is 32.2. The molecule has 3 aromatic heterocycles. The molecule has 2 amide bonds. The van der Waals surface area contributed by atoms with Crippen molar-refractivity contribution in [2.75, 3.05) is 23.8 Å². The third-order valence-electron chi connectivity index (χ3n) is 6.45. The predicted molar refractivity (Wildman–Crippen MR) is 163 cm³/mol. The van der Waals surface area contributed by atoms with Gasteiger partial charge < -0.3 is 35.8 Å². The van der Waals surface area contributed by atoms with Crippen LogP contribution in [0.3, 0.4) is 0 Å². The lowest BCUT2D eigenvalue weighted by Gasteiger charge is -2.49. The Kier molecular flexibility index (Phi) is 9.70. The summed E-state index contributed by atoms with van der Waals surface area (Å²) in [6.45, 7) is -0.306. The maximum Gasteiger partial charge on any atom is 0.352 e. The second kappa shape index (κ2) is 13.7. The van der Waals surface area contributed by atoms with Crippen LogP contribution in [0.25, 0.3) is 0 Å². The zero-order valence-corrected chi connectivity index (χ0v) is 25.9. The van der Waals surface area contributed by atoms with E-state index in [2.05, 4.69) is 25.0 Å². The maximum absolute atomic E-state index is 13.3. The predicted octanol–water partition coefficient (Wildman–Crippen LogP) is 0.412. The first kappa shape index (κ1) is 31.9. The lowest BCUT2D eigenvalue weighted by Crippen LogP contribution is -2.71. The van der Waals surface area contributed by atoms with Gasteiger partial charge in [0, 0.05) is 35.6 Å². The van der Waals surface area contributed by atoms with Gasteiger partial charge in [-0.25, -0.2) is 14.6 Å². The Labute approximate surface area is 268 Å². The average Bonchev–Trinajstić information content (AvgIpc) is 3.69. The highest BCUT2D eigenvalue weighted by atomic mass is 32.2. The van der Waals surface area contributed by atoms with E-state index in [0.29, 0.717) is 17.1 Å². The molecule has 3 aromatic rings. The van der Waals surface area contributed by atoms with E-state index < -0.39 is 52.4 Å². The van der Waals surface area contributed by atoms with E-state index in [1.165, 1.54) is 46.6 Å². The fourth-order valence-corrected chi connectivity index (χ4v) is 7.80. The van der Waals surface area contributed by atoms with E-state index >= 15 is 0 Å². The number of nitrogens with zero attached hydrogens (tertiary/aromatic N) is 6. The van der Waals surface area contributed by atoms with Gasteiger partial charge in [0.25, 0.3) is 11.8 Å². The van der Waals surface area contributed by atoms with E-state index in [4.69, 9.17) is 10.6 Å². The van der Waals surface area contributed by atoms with Crippen LogP contribution in [0.15, 0.2) is 55.5 Å². The minimum atomic E-state index is -1.27. The first-order chi connectivity index (χ1) is 21.5. The van der Waals surface area contributed by atoms with Crippen LogP contribution in [-0.4, -0.2) is 98.4 Å². The Balaban J connectivity index is 1.27. The molecule has 3 atom stereocenters. The SMILES string of the molecule is Nc1nc(/C(=N/OCCC(C(=O)O)n2ccc(=O)c(O)c2)C(=O)NC2C(=O)N3C(C(=O)O)=C(CSc4cnns4)CS[C@H]23)cs1. The molecule has 5 rings (SSSR count). The Bertz CT molecular complexity index is 1760. The second-order valence-electron chi connectivity index (χ2n) is 9.27. The number of hydrogen-bond donors (Lipinski definition) is 5. The fourth-order valence-electron chi connectivity index (χ4n) is 4.34. The molecule has 1 saturated heterocycles. The number of fused-ring (bicyclic) bond motifs is 1. The Morgan fingerprint density at radius 2 is 2.09 bits per heavy atom. The zero-order valence-electron chi connectivity index (χ0n) is 22.6. The molecule has 2 aliphatic heterocycles. The van der Waals surface area contributed by atoms with Crippen molar-refractivity contribution in [3.63, 3.8) is 0 Å². The number of aliphatic carboxylic acids is 2. The molecule has 2 aliphatic rings. The molecule has 0 radical (unpaired) electrons. The quantitative estimate of drug-likeness (QED) is 0.0534. The van der Waals surface area contributed by atoms with Gasteiger partial charge in [-0.1, -0.05) is 9.64 Å². The maximum atomic E-state index is 13.3. The summed E-state index contributed by atoms with van der Waals surface area (Å²) < 4.78 is 5.70. The van der Waals surface area contributed by atoms with Gasteiger partial charge in [0.2, 0.25) is 5.43 Å². The number of rotatable bonds is 13. The normalized spacial score (nSPS) is 18.6. The number of pyridine rings is 1. The van der Waals surface area contributed by atoms with Gasteiger partial charge in [-0.3, -0.25) is 19.3 Å².